The number of nitrogens with one attached hydrogen (secondary N) is 1. The molecule has 0 spiro atoms. The first-order valence-electron chi connectivity index (χ1n) is 9.39. The molecule has 0 aromatic heterocycles. The number of rotatable bonds is 5. The summed E-state index contributed by atoms with van der Waals surface area (Å²) in [6.45, 7) is 0. The van der Waals surface area contributed by atoms with Crippen molar-refractivity contribution in [3.63, 3.8) is 0 Å². The molecule has 3 unspecified atom stereocenters. The molecule has 0 aliphatic carbocycles. The first kappa shape index (κ1) is 22.8. The molecule has 1 saturated heterocycles. The molecule has 2 aromatic carbocycles. The van der Waals surface area contributed by atoms with Crippen LogP contribution in [0, 0.1) is 54.2 Å². The Morgan fingerprint density at radius 1 is 1.03 bits per heavy atom. The Morgan fingerprint density at radius 2 is 1.55 bits per heavy atom. The summed E-state index contributed by atoms with van der Waals surface area (Å²) in [6, 6.07) is 12.3. The molecule has 1 N–H and O–H groups in total. The normalized spacial score (nSPS) is 21.1. The molecule has 1 aliphatic heterocycles. The zero-order valence-corrected chi connectivity index (χ0v) is 17.0. The van der Waals surface area contributed by atoms with Crippen molar-refractivity contribution in [2.75, 3.05) is 7.11 Å². The lowest BCUT2D eigenvalue weighted by molar-refractivity contribution is -0.385. The Balaban J connectivity index is 2.31. The molecule has 1 amide bonds. The Labute approximate surface area is 186 Å². The monoisotopic (exact) mass is 449 g/mol. The fourth-order valence-electron chi connectivity index (χ4n) is 4.05. The highest BCUT2D eigenvalue weighted by atomic mass is 16.6. The number of amides is 1. The number of non-ortho nitro benzene ring substituents is 2. The van der Waals surface area contributed by atoms with Gasteiger partial charge in [0, 0.05) is 30.2 Å². The number of methoxy groups -OCH3 is 1. The van der Waals surface area contributed by atoms with Gasteiger partial charge in [-0.05, 0) is 11.1 Å². The quantitative estimate of drug-likeness (QED) is 0.309. The lowest BCUT2D eigenvalue weighted by Crippen LogP contribution is -2.56. The molecule has 1 heterocycles. The van der Waals surface area contributed by atoms with Gasteiger partial charge in [-0.15, -0.1) is 0 Å². The van der Waals surface area contributed by atoms with E-state index < -0.39 is 45.0 Å². The maximum absolute atomic E-state index is 13.0. The maximum Gasteiger partial charge on any atom is 0.318 e. The van der Waals surface area contributed by atoms with Crippen molar-refractivity contribution in [3.8, 4) is 12.1 Å². The number of nitro benzene ring substituents is 2. The average Bonchev–Trinajstić information content (AvgIpc) is 2.83. The van der Waals surface area contributed by atoms with E-state index >= 15 is 0 Å². The maximum atomic E-state index is 13.0. The van der Waals surface area contributed by atoms with E-state index in [0.717, 1.165) is 19.2 Å². The molecule has 3 atom stereocenters. The van der Waals surface area contributed by atoms with Crippen LogP contribution in [0.25, 0.3) is 0 Å². The molecular formula is C21H15N5O7. The number of nitro groups is 2. The highest BCUT2D eigenvalue weighted by Gasteiger charge is 2.60. The Hall–Kier alpha value is -4.84. The molecule has 12 heteroatoms. The summed E-state index contributed by atoms with van der Waals surface area (Å²) in [5, 5.41) is 45.3. The van der Waals surface area contributed by atoms with E-state index in [9.17, 15) is 40.3 Å². The zero-order valence-electron chi connectivity index (χ0n) is 17.0. The second-order valence-electron chi connectivity index (χ2n) is 7.22. The van der Waals surface area contributed by atoms with Crippen LogP contribution < -0.4 is 5.32 Å². The number of carbonyl (C=O) groups is 2. The average molecular weight is 449 g/mol. The van der Waals surface area contributed by atoms with Crippen molar-refractivity contribution in [3.05, 3.63) is 79.9 Å². The third-order valence-corrected chi connectivity index (χ3v) is 5.53. The van der Waals surface area contributed by atoms with Crippen LogP contribution in [0.5, 0.6) is 0 Å². The molecule has 0 saturated carbocycles. The molecule has 166 valence electrons. The summed E-state index contributed by atoms with van der Waals surface area (Å²) < 4.78 is 4.72. The van der Waals surface area contributed by atoms with Crippen LogP contribution in [-0.2, 0) is 14.3 Å². The minimum Gasteiger partial charge on any atom is -0.468 e. The Morgan fingerprint density at radius 3 is 2.03 bits per heavy atom. The first-order chi connectivity index (χ1) is 15.7. The van der Waals surface area contributed by atoms with Gasteiger partial charge in [-0.1, -0.05) is 24.3 Å². The lowest BCUT2D eigenvalue weighted by Gasteiger charge is -2.43. The summed E-state index contributed by atoms with van der Waals surface area (Å²) in [4.78, 5) is 46.7. The van der Waals surface area contributed by atoms with Crippen molar-refractivity contribution in [1.29, 1.82) is 10.5 Å². The second kappa shape index (κ2) is 8.72. The number of nitriles is 2. The largest absolute Gasteiger partial charge is 0.468 e. The van der Waals surface area contributed by atoms with E-state index in [1.165, 1.54) is 36.4 Å². The third kappa shape index (κ3) is 3.81. The van der Waals surface area contributed by atoms with Crippen LogP contribution in [0.15, 0.2) is 48.5 Å². The minimum absolute atomic E-state index is 0.0213. The fourth-order valence-corrected chi connectivity index (χ4v) is 4.05. The predicted octanol–water partition coefficient (Wildman–Crippen LogP) is 2.28. The van der Waals surface area contributed by atoms with Gasteiger partial charge in [0.1, 0.15) is 5.92 Å². The number of nitrogens with zero attached hydrogens (tertiary/aromatic N) is 4. The SMILES string of the molecule is COC(=O)C1C(=O)NC(c2cccc([N+](=O)[O-])c2)C(C#N)(C#N)C1c1cccc([N+](=O)[O-])c1. The van der Waals surface area contributed by atoms with Crippen LogP contribution in [0.4, 0.5) is 11.4 Å². The van der Waals surface area contributed by atoms with Gasteiger partial charge in [0.15, 0.2) is 5.41 Å². The number of piperidine rings is 1. The van der Waals surface area contributed by atoms with E-state index in [2.05, 4.69) is 5.32 Å². The highest BCUT2D eigenvalue weighted by Crippen LogP contribution is 2.52. The number of ether oxygens (including phenoxy) is 1. The lowest BCUT2D eigenvalue weighted by atomic mass is 9.60. The summed E-state index contributed by atoms with van der Waals surface area (Å²) in [5.41, 5.74) is -2.78. The molecule has 1 fully saturated rings. The molecular weight excluding hydrogens is 434 g/mol. The molecule has 12 nitrogen and oxygen atoms in total. The Kier molecular flexibility index (Phi) is 6.04. The van der Waals surface area contributed by atoms with Crippen LogP contribution >= 0.6 is 0 Å². The smallest absolute Gasteiger partial charge is 0.318 e. The van der Waals surface area contributed by atoms with Crippen molar-refractivity contribution < 1.29 is 24.2 Å². The highest BCUT2D eigenvalue weighted by molar-refractivity contribution is 6.00. The van der Waals surface area contributed by atoms with Crippen LogP contribution in [0.1, 0.15) is 23.1 Å². The van der Waals surface area contributed by atoms with E-state index in [1.54, 1.807) is 0 Å². The van der Waals surface area contributed by atoms with Crippen molar-refractivity contribution in [2.24, 2.45) is 11.3 Å². The fraction of sp³-hybridized carbons (Fsp3) is 0.238. The van der Waals surface area contributed by atoms with E-state index in [1.807, 2.05) is 12.1 Å². The predicted molar refractivity (Wildman–Crippen MR) is 109 cm³/mol. The van der Waals surface area contributed by atoms with Gasteiger partial charge in [-0.2, -0.15) is 10.5 Å². The van der Waals surface area contributed by atoms with Gasteiger partial charge in [-0.25, -0.2) is 0 Å². The minimum atomic E-state index is -2.17. The number of carbonyl (C=O) groups excluding carboxylic acids is 2. The topological polar surface area (TPSA) is 189 Å². The number of hydrogen-bond donors (Lipinski definition) is 1. The third-order valence-electron chi connectivity index (χ3n) is 5.53. The number of hydrogen-bond acceptors (Lipinski definition) is 9. The van der Waals surface area contributed by atoms with Crippen molar-refractivity contribution >= 4 is 23.3 Å². The van der Waals surface area contributed by atoms with Gasteiger partial charge in [0.05, 0.1) is 35.1 Å². The van der Waals surface area contributed by atoms with Gasteiger partial charge in [0.2, 0.25) is 5.91 Å². The van der Waals surface area contributed by atoms with Crippen LogP contribution in [0.2, 0.25) is 0 Å². The standard InChI is InChI=1S/C21H15N5O7/c1-33-20(28)16-17(12-4-2-6-14(8-12)25(29)30)21(10-22,11-23)18(24-19(16)27)13-5-3-7-15(9-13)26(31)32/h2-9,16-18H,1H3,(H,24,27). The first-order valence-corrected chi connectivity index (χ1v) is 9.39. The molecule has 0 radical (unpaired) electrons. The van der Waals surface area contributed by atoms with Crippen LogP contribution in [-0.4, -0.2) is 28.8 Å². The summed E-state index contributed by atoms with van der Waals surface area (Å²) in [5.74, 6) is -5.09. The summed E-state index contributed by atoms with van der Waals surface area (Å²) in [7, 11) is 1.02. The molecule has 3 rings (SSSR count). The van der Waals surface area contributed by atoms with E-state index in [0.29, 0.717) is 0 Å². The van der Waals surface area contributed by atoms with E-state index in [4.69, 9.17) is 4.74 Å². The van der Waals surface area contributed by atoms with Crippen molar-refractivity contribution in [2.45, 2.75) is 12.0 Å². The zero-order chi connectivity index (χ0) is 24.3. The molecule has 1 aliphatic rings. The van der Waals surface area contributed by atoms with Crippen LogP contribution in [0.3, 0.4) is 0 Å². The Bertz CT molecular complexity index is 1230. The van der Waals surface area contributed by atoms with Gasteiger partial charge >= 0.3 is 5.97 Å². The molecule has 0 bridgehead atoms. The second-order valence-corrected chi connectivity index (χ2v) is 7.22. The van der Waals surface area contributed by atoms with Gasteiger partial charge < -0.3 is 10.1 Å². The van der Waals surface area contributed by atoms with Gasteiger partial charge in [0.25, 0.3) is 11.4 Å². The van der Waals surface area contributed by atoms with Crippen molar-refractivity contribution in [1.82, 2.24) is 5.32 Å². The summed E-state index contributed by atoms with van der Waals surface area (Å²) in [6.07, 6.45) is 0. The van der Waals surface area contributed by atoms with E-state index in [-0.39, 0.29) is 22.5 Å². The van der Waals surface area contributed by atoms with Gasteiger partial charge in [-0.3, -0.25) is 29.8 Å². The number of esters is 1. The summed E-state index contributed by atoms with van der Waals surface area (Å²) >= 11 is 0. The molecule has 2 aromatic rings. The molecule has 33 heavy (non-hydrogen) atoms. The number of benzene rings is 2.